The van der Waals surface area contributed by atoms with Gasteiger partial charge in [-0.05, 0) is 20.8 Å². The Morgan fingerprint density at radius 1 is 1.28 bits per heavy atom. The molecule has 0 bridgehead atoms. The van der Waals surface area contributed by atoms with Gasteiger partial charge in [-0.3, -0.25) is 14.5 Å². The zero-order chi connectivity index (χ0) is 19.0. The molecule has 0 N–H and O–H groups in total. The Morgan fingerprint density at radius 2 is 1.88 bits per heavy atom. The number of rotatable bonds is 6. The van der Waals surface area contributed by atoms with Crippen molar-refractivity contribution in [1.82, 2.24) is 9.80 Å². The van der Waals surface area contributed by atoms with E-state index in [4.69, 9.17) is 14.2 Å². The molecule has 1 unspecified atom stereocenters. The molecule has 25 heavy (non-hydrogen) atoms. The van der Waals surface area contributed by atoms with Crippen LogP contribution in [0, 0.1) is 0 Å². The molecule has 0 radical (unpaired) electrons. The molecule has 1 aliphatic rings. The predicted octanol–water partition coefficient (Wildman–Crippen LogP) is 1.20. The van der Waals surface area contributed by atoms with Crippen LogP contribution < -0.4 is 0 Å². The maximum Gasteiger partial charge on any atom is 0.410 e. The second-order valence-electron chi connectivity index (χ2n) is 6.72. The Balaban J connectivity index is 2.88. The fourth-order valence-electron chi connectivity index (χ4n) is 2.21. The van der Waals surface area contributed by atoms with Crippen molar-refractivity contribution in [2.45, 2.75) is 38.8 Å². The third-order valence-corrected chi connectivity index (χ3v) is 3.48. The topological polar surface area (TPSA) is 85.4 Å². The summed E-state index contributed by atoms with van der Waals surface area (Å²) in [5.41, 5.74) is -0.707. The van der Waals surface area contributed by atoms with Crippen LogP contribution in [0.25, 0.3) is 0 Å². The molecule has 2 amide bonds. The van der Waals surface area contributed by atoms with E-state index < -0.39 is 23.7 Å². The lowest BCUT2D eigenvalue weighted by Crippen LogP contribution is -2.53. The highest BCUT2D eigenvalue weighted by Gasteiger charge is 2.35. The van der Waals surface area contributed by atoms with Crippen molar-refractivity contribution >= 4 is 18.0 Å². The molecule has 142 valence electrons. The zero-order valence-corrected chi connectivity index (χ0v) is 15.4. The van der Waals surface area contributed by atoms with Crippen LogP contribution in [0.4, 0.5) is 4.79 Å². The molecule has 1 heterocycles. The first-order chi connectivity index (χ1) is 11.7. The number of carbonyl (C=O) groups is 3. The van der Waals surface area contributed by atoms with Crippen LogP contribution in [-0.2, 0) is 23.8 Å². The minimum atomic E-state index is -0.995. The highest BCUT2D eigenvalue weighted by atomic mass is 16.6. The lowest BCUT2D eigenvalue weighted by Gasteiger charge is -2.34. The van der Waals surface area contributed by atoms with Gasteiger partial charge in [-0.2, -0.15) is 0 Å². The summed E-state index contributed by atoms with van der Waals surface area (Å²) in [7, 11) is 1.44. The number of morpholine rings is 1. The molecule has 8 nitrogen and oxygen atoms in total. The average Bonchev–Trinajstić information content (AvgIpc) is 2.55. The minimum absolute atomic E-state index is 0.0491. The maximum atomic E-state index is 12.8. The van der Waals surface area contributed by atoms with E-state index in [-0.39, 0.29) is 18.9 Å². The number of hydrogen-bond acceptors (Lipinski definition) is 6. The van der Waals surface area contributed by atoms with E-state index in [1.54, 1.807) is 25.7 Å². The van der Waals surface area contributed by atoms with Crippen LogP contribution in [0.15, 0.2) is 12.7 Å². The van der Waals surface area contributed by atoms with Gasteiger partial charge < -0.3 is 19.1 Å². The third-order valence-electron chi connectivity index (χ3n) is 3.48. The molecule has 1 aliphatic heterocycles. The highest BCUT2D eigenvalue weighted by molar-refractivity contribution is 5.89. The van der Waals surface area contributed by atoms with Crippen molar-refractivity contribution < 1.29 is 28.6 Å². The van der Waals surface area contributed by atoms with Crippen LogP contribution in [0.2, 0.25) is 0 Å². The van der Waals surface area contributed by atoms with Gasteiger partial charge >= 0.3 is 12.1 Å². The molecule has 0 saturated carbocycles. The first kappa shape index (κ1) is 21.0. The third kappa shape index (κ3) is 7.13. The van der Waals surface area contributed by atoms with Crippen molar-refractivity contribution in [2.24, 2.45) is 0 Å². The smallest absolute Gasteiger partial charge is 0.410 e. The number of likely N-dealkylation sites (N-methyl/N-ethyl adjacent to an activating group) is 1. The van der Waals surface area contributed by atoms with Gasteiger partial charge in [0.15, 0.2) is 0 Å². The van der Waals surface area contributed by atoms with Gasteiger partial charge in [0.05, 0.1) is 19.6 Å². The number of esters is 1. The van der Waals surface area contributed by atoms with Gasteiger partial charge in [0.2, 0.25) is 5.91 Å². The Hall–Kier alpha value is -2.09. The standard InChI is InChI=1S/C17H28N2O6/c1-6-9-24-14(20)12-13(15(21)19-7-10-23-11-8-19)18(5)16(22)25-17(2,3)4/h6,13H,1,7-12H2,2-5H3. The van der Waals surface area contributed by atoms with Gasteiger partial charge in [-0.15, -0.1) is 0 Å². The average molecular weight is 356 g/mol. The molecule has 1 fully saturated rings. The summed E-state index contributed by atoms with van der Waals surface area (Å²) in [5, 5.41) is 0. The SMILES string of the molecule is C=CCOC(=O)CC(C(=O)N1CCOCC1)N(C)C(=O)OC(C)(C)C. The Labute approximate surface area is 148 Å². The molecule has 0 aliphatic carbocycles. The van der Waals surface area contributed by atoms with E-state index in [9.17, 15) is 14.4 Å². The van der Waals surface area contributed by atoms with E-state index >= 15 is 0 Å². The van der Waals surface area contributed by atoms with Gasteiger partial charge in [0.25, 0.3) is 0 Å². The predicted molar refractivity (Wildman–Crippen MR) is 91.0 cm³/mol. The van der Waals surface area contributed by atoms with Crippen molar-refractivity contribution in [3.05, 3.63) is 12.7 Å². The van der Waals surface area contributed by atoms with Crippen molar-refractivity contribution in [1.29, 1.82) is 0 Å². The number of hydrogen-bond donors (Lipinski definition) is 0. The van der Waals surface area contributed by atoms with E-state index in [2.05, 4.69) is 6.58 Å². The molecule has 8 heteroatoms. The van der Waals surface area contributed by atoms with Crippen molar-refractivity contribution in [3.8, 4) is 0 Å². The van der Waals surface area contributed by atoms with Crippen LogP contribution >= 0.6 is 0 Å². The zero-order valence-electron chi connectivity index (χ0n) is 15.4. The normalized spacial score (nSPS) is 15.9. The molecule has 0 aromatic carbocycles. The Morgan fingerprint density at radius 3 is 2.40 bits per heavy atom. The summed E-state index contributed by atoms with van der Waals surface area (Å²) in [6, 6.07) is -0.995. The van der Waals surface area contributed by atoms with Crippen LogP contribution in [-0.4, -0.2) is 79.4 Å². The molecule has 1 rings (SSSR count). The Kier molecular flexibility index (Phi) is 7.89. The lowest BCUT2D eigenvalue weighted by atomic mass is 10.1. The summed E-state index contributed by atoms with van der Waals surface area (Å²) in [6.07, 6.45) is 0.518. The maximum absolute atomic E-state index is 12.8. The van der Waals surface area contributed by atoms with Gasteiger partial charge in [-0.1, -0.05) is 12.7 Å². The van der Waals surface area contributed by atoms with Crippen LogP contribution in [0.5, 0.6) is 0 Å². The number of amides is 2. The van der Waals surface area contributed by atoms with Crippen LogP contribution in [0.3, 0.4) is 0 Å². The fourth-order valence-corrected chi connectivity index (χ4v) is 2.21. The number of nitrogens with zero attached hydrogens (tertiary/aromatic N) is 2. The second kappa shape index (κ2) is 9.41. The summed E-state index contributed by atoms with van der Waals surface area (Å²) in [5.74, 6) is -0.908. The summed E-state index contributed by atoms with van der Waals surface area (Å²) >= 11 is 0. The number of carbonyl (C=O) groups excluding carboxylic acids is 3. The monoisotopic (exact) mass is 356 g/mol. The highest BCUT2D eigenvalue weighted by Crippen LogP contribution is 2.15. The summed E-state index contributed by atoms with van der Waals surface area (Å²) < 4.78 is 15.5. The van der Waals surface area contributed by atoms with E-state index in [0.717, 1.165) is 4.90 Å². The molecular formula is C17H28N2O6. The first-order valence-corrected chi connectivity index (χ1v) is 8.24. The molecule has 1 atom stereocenters. The fraction of sp³-hybridized carbons (Fsp3) is 0.706. The molecule has 0 aromatic rings. The van der Waals surface area contributed by atoms with Gasteiger partial charge in [-0.25, -0.2) is 4.79 Å². The lowest BCUT2D eigenvalue weighted by molar-refractivity contribution is -0.150. The minimum Gasteiger partial charge on any atom is -0.461 e. The van der Waals surface area contributed by atoms with Crippen LogP contribution in [0.1, 0.15) is 27.2 Å². The molecular weight excluding hydrogens is 328 g/mol. The number of ether oxygens (including phenoxy) is 3. The summed E-state index contributed by atoms with van der Waals surface area (Å²) in [6.45, 7) is 10.4. The van der Waals surface area contributed by atoms with E-state index in [1.165, 1.54) is 13.1 Å². The van der Waals surface area contributed by atoms with Gasteiger partial charge in [0, 0.05) is 20.1 Å². The molecule has 0 spiro atoms. The van der Waals surface area contributed by atoms with Gasteiger partial charge in [0.1, 0.15) is 18.2 Å². The van der Waals surface area contributed by atoms with E-state index in [0.29, 0.717) is 26.3 Å². The van der Waals surface area contributed by atoms with E-state index in [1.807, 2.05) is 0 Å². The molecule has 1 saturated heterocycles. The first-order valence-electron chi connectivity index (χ1n) is 8.24. The summed E-state index contributed by atoms with van der Waals surface area (Å²) in [4.78, 5) is 39.8. The second-order valence-corrected chi connectivity index (χ2v) is 6.72. The molecule has 0 aromatic heterocycles. The largest absolute Gasteiger partial charge is 0.461 e. The Bertz CT molecular complexity index is 494. The van der Waals surface area contributed by atoms with Crippen molar-refractivity contribution in [3.63, 3.8) is 0 Å². The van der Waals surface area contributed by atoms with Crippen molar-refractivity contribution in [2.75, 3.05) is 40.0 Å². The quantitative estimate of drug-likeness (QED) is 0.525.